The van der Waals surface area contributed by atoms with Gasteiger partial charge in [0.2, 0.25) is 0 Å². The van der Waals surface area contributed by atoms with Crippen molar-refractivity contribution in [3.05, 3.63) is 11.3 Å². The van der Waals surface area contributed by atoms with Gasteiger partial charge in [-0.25, -0.2) is 0 Å². The molecule has 0 N–H and O–H groups in total. The highest BCUT2D eigenvalue weighted by molar-refractivity contribution is 6.30. The normalized spacial score (nSPS) is 39.2. The fourth-order valence-electron chi connectivity index (χ4n) is 1.64. The largest absolute Gasteiger partial charge is 0.412 e. The van der Waals surface area contributed by atoms with Gasteiger partial charge in [0.15, 0.2) is 0 Å². The summed E-state index contributed by atoms with van der Waals surface area (Å²) in [5, 5.41) is 2.81. The summed E-state index contributed by atoms with van der Waals surface area (Å²) in [6.07, 6.45) is 2.84. The highest BCUT2D eigenvalue weighted by atomic mass is 35.5. The average Bonchev–Trinajstić information content (AvgIpc) is 2.47. The summed E-state index contributed by atoms with van der Waals surface area (Å²) in [6.45, 7) is 6.57. The minimum Gasteiger partial charge on any atom is -0.412 e. The maximum absolute atomic E-state index is 5.92. The van der Waals surface area contributed by atoms with E-state index in [2.05, 4.69) is 20.8 Å². The van der Waals surface area contributed by atoms with Crippen LogP contribution in [0.4, 0.5) is 0 Å². The molecule has 0 amide bonds. The van der Waals surface area contributed by atoms with Crippen LogP contribution in [0.15, 0.2) is 11.3 Å². The van der Waals surface area contributed by atoms with E-state index < -0.39 is 0 Å². The molecule has 0 aromatic carbocycles. The van der Waals surface area contributed by atoms with Gasteiger partial charge < -0.3 is 4.84 Å². The first-order valence-corrected chi connectivity index (χ1v) is 4.71. The van der Waals surface area contributed by atoms with E-state index in [-0.39, 0.29) is 6.04 Å². The molecule has 2 rings (SSSR count). The zero-order chi connectivity index (χ0) is 8.93. The first-order chi connectivity index (χ1) is 5.52. The summed E-state index contributed by atoms with van der Waals surface area (Å²) >= 11 is 5.92. The van der Waals surface area contributed by atoms with E-state index in [1.54, 1.807) is 6.26 Å². The third-order valence-electron chi connectivity index (χ3n) is 2.84. The molecule has 1 saturated carbocycles. The minimum absolute atomic E-state index is 0.235. The monoisotopic (exact) mass is 187 g/mol. The molecule has 3 heteroatoms. The molecule has 0 radical (unpaired) electrons. The maximum atomic E-state index is 5.92. The lowest BCUT2D eigenvalue weighted by molar-refractivity contribution is -0.115. The number of halogens is 1. The second kappa shape index (κ2) is 2.39. The summed E-state index contributed by atoms with van der Waals surface area (Å²) in [4.78, 5) is 5.38. The molecule has 0 aromatic rings. The molecular formula is C9H14ClNO. The molecule has 2 aliphatic rings. The van der Waals surface area contributed by atoms with Gasteiger partial charge in [0.25, 0.3) is 0 Å². The van der Waals surface area contributed by atoms with Crippen LogP contribution in [-0.2, 0) is 4.84 Å². The lowest BCUT2D eigenvalue weighted by Gasteiger charge is -2.21. The van der Waals surface area contributed by atoms with E-state index in [4.69, 9.17) is 16.4 Å². The van der Waals surface area contributed by atoms with E-state index in [0.29, 0.717) is 11.5 Å². The van der Waals surface area contributed by atoms with Crippen LogP contribution in [0.25, 0.3) is 0 Å². The first kappa shape index (κ1) is 8.39. The summed E-state index contributed by atoms with van der Waals surface area (Å²) in [6, 6.07) is 0.776. The molecule has 1 aliphatic carbocycles. The third-order valence-corrected chi connectivity index (χ3v) is 3.24. The second-order valence-corrected chi connectivity index (χ2v) is 4.79. The minimum atomic E-state index is 0.235. The Morgan fingerprint density at radius 3 is 2.58 bits per heavy atom. The molecular weight excluding hydrogens is 174 g/mol. The van der Waals surface area contributed by atoms with Gasteiger partial charge in [-0.05, 0) is 18.8 Å². The smallest absolute Gasteiger partial charge is 0.127 e. The maximum Gasteiger partial charge on any atom is 0.127 e. The van der Waals surface area contributed by atoms with Gasteiger partial charge in [-0.3, -0.25) is 0 Å². The summed E-state index contributed by atoms with van der Waals surface area (Å²) in [7, 11) is 0. The van der Waals surface area contributed by atoms with E-state index in [9.17, 15) is 0 Å². The van der Waals surface area contributed by atoms with Crippen molar-refractivity contribution in [2.24, 2.45) is 5.41 Å². The summed E-state index contributed by atoms with van der Waals surface area (Å²) in [5.74, 6) is 0. The number of hydrogen-bond acceptors (Lipinski definition) is 2. The summed E-state index contributed by atoms with van der Waals surface area (Å²) < 4.78 is 0. The van der Waals surface area contributed by atoms with Crippen molar-refractivity contribution >= 4 is 11.6 Å². The molecule has 2 nitrogen and oxygen atoms in total. The fraction of sp³-hybridized carbons (Fsp3) is 0.778. The van der Waals surface area contributed by atoms with Crippen LogP contribution in [0.2, 0.25) is 0 Å². The molecule has 12 heavy (non-hydrogen) atoms. The van der Waals surface area contributed by atoms with Crippen molar-refractivity contribution in [3.8, 4) is 0 Å². The standard InChI is InChI=1S/C9H14ClNO/c1-6-7(10)5-12-11(6)8-4-9(8,2)3/h5-6,8H,4H2,1-3H3. The lowest BCUT2D eigenvalue weighted by Crippen LogP contribution is -2.31. The van der Waals surface area contributed by atoms with E-state index in [0.717, 1.165) is 5.03 Å². The van der Waals surface area contributed by atoms with Gasteiger partial charge in [0, 0.05) is 0 Å². The number of nitrogens with zero attached hydrogens (tertiary/aromatic N) is 1. The SMILES string of the molecule is CC1C(Cl)=CON1C1CC1(C)C. The Bertz CT molecular complexity index is 237. The van der Waals surface area contributed by atoms with Crippen LogP contribution >= 0.6 is 11.6 Å². The molecule has 2 atom stereocenters. The second-order valence-electron chi connectivity index (χ2n) is 4.35. The van der Waals surface area contributed by atoms with E-state index in [1.807, 2.05) is 5.06 Å². The average molecular weight is 188 g/mol. The van der Waals surface area contributed by atoms with E-state index in [1.165, 1.54) is 6.42 Å². The molecule has 2 unspecified atom stereocenters. The van der Waals surface area contributed by atoms with Gasteiger partial charge in [-0.1, -0.05) is 25.4 Å². The molecule has 0 spiro atoms. The van der Waals surface area contributed by atoms with Gasteiger partial charge in [0.05, 0.1) is 17.1 Å². The molecule has 1 fully saturated rings. The molecule has 1 aliphatic heterocycles. The van der Waals surface area contributed by atoms with Crippen LogP contribution in [0.3, 0.4) is 0 Å². The summed E-state index contributed by atoms with van der Waals surface area (Å²) in [5.41, 5.74) is 0.406. The van der Waals surface area contributed by atoms with Crippen molar-refractivity contribution in [3.63, 3.8) is 0 Å². The predicted octanol–water partition coefficient (Wildman–Crippen LogP) is 2.50. The fourth-order valence-corrected chi connectivity index (χ4v) is 1.78. The van der Waals surface area contributed by atoms with Gasteiger partial charge in [-0.2, -0.15) is 0 Å². The number of rotatable bonds is 1. The molecule has 68 valence electrons. The molecule has 0 saturated heterocycles. The Hall–Kier alpha value is -0.210. The Morgan fingerprint density at radius 2 is 2.25 bits per heavy atom. The quantitative estimate of drug-likeness (QED) is 0.626. The van der Waals surface area contributed by atoms with Gasteiger partial charge in [-0.15, -0.1) is 5.06 Å². The van der Waals surface area contributed by atoms with Crippen molar-refractivity contribution in [2.75, 3.05) is 0 Å². The Labute approximate surface area is 78.1 Å². The van der Waals surface area contributed by atoms with Crippen molar-refractivity contribution < 1.29 is 4.84 Å². The third kappa shape index (κ3) is 1.14. The Morgan fingerprint density at radius 1 is 1.67 bits per heavy atom. The van der Waals surface area contributed by atoms with Crippen LogP contribution in [0, 0.1) is 5.41 Å². The Kier molecular flexibility index (Phi) is 1.67. The first-order valence-electron chi connectivity index (χ1n) is 4.33. The lowest BCUT2D eigenvalue weighted by atomic mass is 10.2. The van der Waals surface area contributed by atoms with Gasteiger partial charge >= 0.3 is 0 Å². The topological polar surface area (TPSA) is 12.5 Å². The van der Waals surface area contributed by atoms with Crippen LogP contribution in [0.1, 0.15) is 27.2 Å². The van der Waals surface area contributed by atoms with Crippen molar-refractivity contribution in [2.45, 2.75) is 39.3 Å². The predicted molar refractivity (Wildman–Crippen MR) is 48.5 cm³/mol. The van der Waals surface area contributed by atoms with Crippen molar-refractivity contribution in [1.82, 2.24) is 5.06 Å². The molecule has 1 heterocycles. The highest BCUT2D eigenvalue weighted by Gasteiger charge is 2.53. The van der Waals surface area contributed by atoms with Crippen molar-refractivity contribution in [1.29, 1.82) is 0 Å². The zero-order valence-corrected chi connectivity index (χ0v) is 8.43. The zero-order valence-electron chi connectivity index (χ0n) is 7.67. The highest BCUT2D eigenvalue weighted by Crippen LogP contribution is 2.50. The number of hydroxylamine groups is 2. The van der Waals surface area contributed by atoms with Crippen LogP contribution < -0.4 is 0 Å². The molecule has 0 bridgehead atoms. The van der Waals surface area contributed by atoms with Crippen LogP contribution in [-0.4, -0.2) is 17.1 Å². The Balaban J connectivity index is 2.02. The van der Waals surface area contributed by atoms with E-state index >= 15 is 0 Å². The van der Waals surface area contributed by atoms with Crippen LogP contribution in [0.5, 0.6) is 0 Å². The van der Waals surface area contributed by atoms with Gasteiger partial charge in [0.1, 0.15) is 6.26 Å². The number of hydrogen-bond donors (Lipinski definition) is 0. The molecule has 0 aromatic heterocycles.